The van der Waals surface area contributed by atoms with Crippen molar-refractivity contribution in [2.75, 3.05) is 20.3 Å². The lowest BCUT2D eigenvalue weighted by atomic mass is 9.96. The number of ether oxygens (including phenoxy) is 2. The van der Waals surface area contributed by atoms with Crippen molar-refractivity contribution >= 4 is 22.0 Å². The third kappa shape index (κ3) is 4.49. The number of hydrogen-bond donors (Lipinski definition) is 1. The fraction of sp³-hybridized carbons (Fsp3) is 0.500. The Morgan fingerprint density at radius 3 is 2.44 bits per heavy atom. The van der Waals surface area contributed by atoms with E-state index in [2.05, 4.69) is 4.74 Å². The van der Waals surface area contributed by atoms with E-state index in [4.69, 9.17) is 9.84 Å². The topological polar surface area (TPSA) is 110 Å². The summed E-state index contributed by atoms with van der Waals surface area (Å²) in [4.78, 5) is 22.3. The molecule has 1 N–H and O–H groups in total. The number of rotatable bonds is 6. The maximum absolute atomic E-state index is 12.8. The van der Waals surface area contributed by atoms with E-state index in [1.54, 1.807) is 6.92 Å². The lowest BCUT2D eigenvalue weighted by molar-refractivity contribution is -0.144. The molecule has 2 rings (SSSR count). The van der Waals surface area contributed by atoms with Gasteiger partial charge in [0, 0.05) is 12.6 Å². The second-order valence-electron chi connectivity index (χ2n) is 5.87. The number of carbonyl (C=O) groups is 2. The number of carboxylic acid groups (broad SMARTS) is 1. The van der Waals surface area contributed by atoms with Crippen LogP contribution in [-0.4, -0.2) is 56.1 Å². The molecule has 1 heterocycles. The van der Waals surface area contributed by atoms with Gasteiger partial charge in [0.05, 0.1) is 17.9 Å². The molecular weight excluding hydrogens is 350 g/mol. The molecule has 138 valence electrons. The predicted molar refractivity (Wildman–Crippen MR) is 87.7 cm³/mol. The largest absolute Gasteiger partial charge is 0.482 e. The molecule has 1 saturated heterocycles. The maximum Gasteiger partial charge on any atom is 0.343 e. The Morgan fingerprint density at radius 1 is 1.24 bits per heavy atom. The van der Waals surface area contributed by atoms with Crippen molar-refractivity contribution in [3.63, 3.8) is 0 Å². The van der Waals surface area contributed by atoms with Gasteiger partial charge in [0.2, 0.25) is 10.0 Å². The zero-order valence-corrected chi connectivity index (χ0v) is 14.9. The molecule has 0 radical (unpaired) electrons. The van der Waals surface area contributed by atoms with Gasteiger partial charge in [-0.15, -0.1) is 0 Å². The molecule has 0 spiro atoms. The molecule has 0 saturated carbocycles. The Balaban J connectivity index is 2.15. The van der Waals surface area contributed by atoms with Crippen LogP contribution in [0.4, 0.5) is 0 Å². The van der Waals surface area contributed by atoms with Gasteiger partial charge in [0.1, 0.15) is 5.75 Å². The summed E-state index contributed by atoms with van der Waals surface area (Å²) in [6, 6.07) is 5.37. The van der Waals surface area contributed by atoms with Gasteiger partial charge in [-0.25, -0.2) is 13.2 Å². The molecular formula is C16H21NO7S. The van der Waals surface area contributed by atoms with Gasteiger partial charge in [-0.3, -0.25) is 4.79 Å². The summed E-state index contributed by atoms with van der Waals surface area (Å²) >= 11 is 0. The number of carbonyl (C=O) groups excluding carboxylic acids is 1. The van der Waals surface area contributed by atoms with Crippen LogP contribution in [-0.2, 0) is 24.3 Å². The molecule has 2 atom stereocenters. The third-order valence-electron chi connectivity index (χ3n) is 4.19. The van der Waals surface area contributed by atoms with E-state index in [-0.39, 0.29) is 24.1 Å². The minimum atomic E-state index is -3.81. The average molecular weight is 371 g/mol. The number of hydrogen-bond acceptors (Lipinski definition) is 6. The molecule has 1 aromatic rings. The van der Waals surface area contributed by atoms with Gasteiger partial charge in [-0.05, 0) is 44.0 Å². The van der Waals surface area contributed by atoms with Crippen LogP contribution in [0.25, 0.3) is 0 Å². The first kappa shape index (κ1) is 19.2. The Labute approximate surface area is 146 Å². The highest BCUT2D eigenvalue weighted by Gasteiger charge is 2.37. The van der Waals surface area contributed by atoms with Crippen LogP contribution >= 0.6 is 0 Å². The van der Waals surface area contributed by atoms with Crippen LogP contribution in [0.15, 0.2) is 29.2 Å². The summed E-state index contributed by atoms with van der Waals surface area (Å²) in [7, 11) is -2.57. The normalized spacial score (nSPS) is 21.5. The number of methoxy groups -OCH3 is 1. The smallest absolute Gasteiger partial charge is 0.343 e. The minimum Gasteiger partial charge on any atom is -0.482 e. The molecule has 1 aliphatic rings. The molecule has 25 heavy (non-hydrogen) atoms. The van der Waals surface area contributed by atoms with Crippen LogP contribution in [0.3, 0.4) is 0 Å². The summed E-state index contributed by atoms with van der Waals surface area (Å²) in [5, 5.41) is 9.16. The zero-order chi connectivity index (χ0) is 18.6. The summed E-state index contributed by atoms with van der Waals surface area (Å²) < 4.78 is 36.5. The Hall–Kier alpha value is -2.13. The van der Waals surface area contributed by atoms with Crippen molar-refractivity contribution in [1.82, 2.24) is 4.31 Å². The van der Waals surface area contributed by atoms with Crippen LogP contribution in [0.2, 0.25) is 0 Å². The molecule has 1 aromatic carbocycles. The van der Waals surface area contributed by atoms with E-state index < -0.39 is 27.9 Å². The number of esters is 1. The van der Waals surface area contributed by atoms with Crippen molar-refractivity contribution < 1.29 is 32.6 Å². The number of benzene rings is 1. The van der Waals surface area contributed by atoms with Gasteiger partial charge >= 0.3 is 11.9 Å². The van der Waals surface area contributed by atoms with E-state index >= 15 is 0 Å². The molecule has 2 unspecified atom stereocenters. The van der Waals surface area contributed by atoms with Gasteiger partial charge in [-0.1, -0.05) is 0 Å². The highest BCUT2D eigenvalue weighted by molar-refractivity contribution is 7.89. The van der Waals surface area contributed by atoms with Crippen molar-refractivity contribution in [2.45, 2.75) is 30.7 Å². The first-order chi connectivity index (χ1) is 11.8. The minimum absolute atomic E-state index is 0.0422. The Kier molecular flexibility index (Phi) is 6.02. The summed E-state index contributed by atoms with van der Waals surface area (Å²) in [6.07, 6.45) is 0.958. The SMILES string of the molecule is COC(=O)COc1ccc(S(=O)(=O)N2CC(C(=O)O)CCC2C)cc1. The van der Waals surface area contributed by atoms with Crippen LogP contribution in [0.5, 0.6) is 5.75 Å². The zero-order valence-electron chi connectivity index (χ0n) is 14.0. The third-order valence-corrected chi connectivity index (χ3v) is 6.18. The standard InChI is InChI=1S/C16H21NO7S/c1-11-3-4-12(16(19)20)9-17(11)25(21,22)14-7-5-13(6-8-14)24-10-15(18)23-2/h5-8,11-12H,3-4,9-10H2,1-2H3,(H,19,20). The summed E-state index contributed by atoms with van der Waals surface area (Å²) in [6.45, 7) is 1.45. The number of carboxylic acids is 1. The van der Waals surface area contributed by atoms with Crippen LogP contribution in [0, 0.1) is 5.92 Å². The molecule has 0 aliphatic carbocycles. The molecule has 0 bridgehead atoms. The number of sulfonamides is 1. The predicted octanol–water partition coefficient (Wildman–Crippen LogP) is 1.11. The number of nitrogens with zero attached hydrogens (tertiary/aromatic N) is 1. The van der Waals surface area contributed by atoms with E-state index in [0.717, 1.165) is 0 Å². The highest BCUT2D eigenvalue weighted by Crippen LogP contribution is 2.29. The fourth-order valence-electron chi connectivity index (χ4n) is 2.66. The molecule has 1 aliphatic heterocycles. The van der Waals surface area contributed by atoms with Crippen molar-refractivity contribution in [3.8, 4) is 5.75 Å². The van der Waals surface area contributed by atoms with E-state index in [1.807, 2.05) is 0 Å². The van der Waals surface area contributed by atoms with Crippen LogP contribution < -0.4 is 4.74 Å². The summed E-state index contributed by atoms with van der Waals surface area (Å²) in [5.74, 6) is -1.90. The van der Waals surface area contributed by atoms with Crippen LogP contribution in [0.1, 0.15) is 19.8 Å². The lowest BCUT2D eigenvalue weighted by Gasteiger charge is -2.35. The van der Waals surface area contributed by atoms with Crippen molar-refractivity contribution in [3.05, 3.63) is 24.3 Å². The van der Waals surface area contributed by atoms with Crippen molar-refractivity contribution in [1.29, 1.82) is 0 Å². The highest BCUT2D eigenvalue weighted by atomic mass is 32.2. The Bertz CT molecular complexity index is 729. The maximum atomic E-state index is 12.8. The molecule has 0 aromatic heterocycles. The second-order valence-corrected chi connectivity index (χ2v) is 7.76. The van der Waals surface area contributed by atoms with Gasteiger partial charge in [0.15, 0.2) is 6.61 Å². The molecule has 1 fully saturated rings. The van der Waals surface area contributed by atoms with E-state index in [0.29, 0.717) is 18.6 Å². The van der Waals surface area contributed by atoms with Gasteiger partial charge < -0.3 is 14.6 Å². The summed E-state index contributed by atoms with van der Waals surface area (Å²) in [5.41, 5.74) is 0. The van der Waals surface area contributed by atoms with Gasteiger partial charge in [0.25, 0.3) is 0 Å². The lowest BCUT2D eigenvalue weighted by Crippen LogP contribution is -2.47. The first-order valence-corrected chi connectivity index (χ1v) is 9.24. The molecule has 8 nitrogen and oxygen atoms in total. The quantitative estimate of drug-likeness (QED) is 0.746. The van der Waals surface area contributed by atoms with E-state index in [1.165, 1.54) is 35.7 Å². The Morgan fingerprint density at radius 2 is 1.88 bits per heavy atom. The number of aliphatic carboxylic acids is 1. The van der Waals surface area contributed by atoms with Crippen molar-refractivity contribution in [2.24, 2.45) is 5.92 Å². The average Bonchev–Trinajstić information content (AvgIpc) is 2.60. The van der Waals surface area contributed by atoms with Gasteiger partial charge in [-0.2, -0.15) is 4.31 Å². The molecule has 0 amide bonds. The van der Waals surface area contributed by atoms with E-state index in [9.17, 15) is 18.0 Å². The monoisotopic (exact) mass is 371 g/mol. The number of piperidine rings is 1. The molecule has 9 heteroatoms. The second kappa shape index (κ2) is 7.83. The fourth-order valence-corrected chi connectivity index (χ4v) is 4.36. The first-order valence-electron chi connectivity index (χ1n) is 7.80.